The maximum absolute atomic E-state index is 13.1. The molecule has 1 heterocycles. The molecule has 0 fully saturated rings. The van der Waals surface area contributed by atoms with Crippen molar-refractivity contribution in [3.05, 3.63) is 53.0 Å². The van der Waals surface area contributed by atoms with Crippen molar-refractivity contribution in [3.8, 4) is 27.8 Å². The lowest BCUT2D eigenvalue weighted by Crippen LogP contribution is -2.18. The Labute approximate surface area is 212 Å². The number of carbonyl (C=O) groups excluding carboxylic acids is 3. The summed E-state index contributed by atoms with van der Waals surface area (Å²) in [5.41, 5.74) is 3.64. The number of nitrogens with one attached hydrogen (secondary N) is 2. The average Bonchev–Trinajstić information content (AvgIpc) is 3.40. The van der Waals surface area contributed by atoms with Crippen LogP contribution < -0.4 is 25.0 Å². The molecule has 1 aromatic heterocycles. The SMILES string of the molecule is COc1cc(C(=O)c2csc(-c3ccc(NC(=O)CCCCC(=O)NO)cc3)n2)cc(OC)c1OC. The number of anilines is 1. The topological polar surface area (TPSA) is 136 Å². The molecule has 0 aliphatic heterocycles. The van der Waals surface area contributed by atoms with Crippen LogP contribution in [0.2, 0.25) is 0 Å². The third kappa shape index (κ3) is 6.58. The van der Waals surface area contributed by atoms with Gasteiger partial charge in [-0.15, -0.1) is 11.3 Å². The molecule has 10 nitrogen and oxygen atoms in total. The Balaban J connectivity index is 1.65. The summed E-state index contributed by atoms with van der Waals surface area (Å²) in [4.78, 5) is 40.6. The van der Waals surface area contributed by atoms with Crippen LogP contribution in [-0.2, 0) is 9.59 Å². The largest absolute Gasteiger partial charge is 0.493 e. The van der Waals surface area contributed by atoms with Crippen LogP contribution in [0.5, 0.6) is 17.2 Å². The molecular weight excluding hydrogens is 486 g/mol. The van der Waals surface area contributed by atoms with Gasteiger partial charge >= 0.3 is 0 Å². The standard InChI is InChI=1S/C25H27N3O7S/c1-33-19-12-16(13-20(34-2)24(19)35-3)23(31)18-14-36-25(27-18)15-8-10-17(11-9-15)26-21(29)6-4-5-7-22(30)28-32/h8-14,32H,4-7H2,1-3H3,(H,26,29)(H,28,30). The quantitative estimate of drug-likeness (QED) is 0.143. The number of ketones is 1. The monoisotopic (exact) mass is 513 g/mol. The first-order valence-electron chi connectivity index (χ1n) is 11.0. The van der Waals surface area contributed by atoms with E-state index in [0.29, 0.717) is 46.3 Å². The van der Waals surface area contributed by atoms with Crippen molar-refractivity contribution in [1.29, 1.82) is 0 Å². The van der Waals surface area contributed by atoms with E-state index >= 15 is 0 Å². The molecule has 0 unspecified atom stereocenters. The van der Waals surface area contributed by atoms with Gasteiger partial charge in [-0.25, -0.2) is 10.5 Å². The van der Waals surface area contributed by atoms with Gasteiger partial charge in [0.25, 0.3) is 0 Å². The minimum Gasteiger partial charge on any atom is -0.493 e. The first-order chi connectivity index (χ1) is 17.4. The van der Waals surface area contributed by atoms with Crippen molar-refractivity contribution >= 4 is 34.6 Å². The van der Waals surface area contributed by atoms with Gasteiger partial charge in [0.2, 0.25) is 23.3 Å². The van der Waals surface area contributed by atoms with Gasteiger partial charge in [-0.3, -0.25) is 19.6 Å². The smallest absolute Gasteiger partial charge is 0.243 e. The number of unbranched alkanes of at least 4 members (excludes halogenated alkanes) is 1. The zero-order valence-electron chi connectivity index (χ0n) is 20.1. The molecule has 190 valence electrons. The fourth-order valence-electron chi connectivity index (χ4n) is 3.42. The van der Waals surface area contributed by atoms with Gasteiger partial charge in [0, 0.05) is 35.0 Å². The van der Waals surface area contributed by atoms with E-state index in [9.17, 15) is 14.4 Å². The van der Waals surface area contributed by atoms with Crippen molar-refractivity contribution in [2.45, 2.75) is 25.7 Å². The van der Waals surface area contributed by atoms with E-state index in [0.717, 1.165) is 5.56 Å². The summed E-state index contributed by atoms with van der Waals surface area (Å²) in [6.07, 6.45) is 1.45. The van der Waals surface area contributed by atoms with E-state index in [1.807, 2.05) is 12.1 Å². The molecule has 3 N–H and O–H groups in total. The van der Waals surface area contributed by atoms with Gasteiger partial charge in [0.1, 0.15) is 10.7 Å². The van der Waals surface area contributed by atoms with Gasteiger partial charge in [-0.1, -0.05) is 0 Å². The van der Waals surface area contributed by atoms with Crippen LogP contribution in [0.15, 0.2) is 41.8 Å². The summed E-state index contributed by atoms with van der Waals surface area (Å²) >= 11 is 1.33. The molecule has 2 aromatic carbocycles. The molecule has 36 heavy (non-hydrogen) atoms. The highest BCUT2D eigenvalue weighted by Crippen LogP contribution is 2.39. The number of benzene rings is 2. The van der Waals surface area contributed by atoms with Crippen LogP contribution in [0.3, 0.4) is 0 Å². The Morgan fingerprint density at radius 3 is 2.08 bits per heavy atom. The predicted octanol–water partition coefficient (Wildman–Crippen LogP) is 4.07. The lowest BCUT2D eigenvalue weighted by molar-refractivity contribution is -0.129. The molecule has 0 saturated carbocycles. The van der Waals surface area contributed by atoms with Crippen molar-refractivity contribution in [2.24, 2.45) is 0 Å². The number of nitrogens with zero attached hydrogens (tertiary/aromatic N) is 1. The van der Waals surface area contributed by atoms with Gasteiger partial charge in [-0.2, -0.15) is 0 Å². The van der Waals surface area contributed by atoms with Crippen LogP contribution in [0, 0.1) is 0 Å². The molecule has 3 aromatic rings. The van der Waals surface area contributed by atoms with Crippen LogP contribution >= 0.6 is 11.3 Å². The van der Waals surface area contributed by atoms with Crippen molar-refractivity contribution in [2.75, 3.05) is 26.6 Å². The highest BCUT2D eigenvalue weighted by Gasteiger charge is 2.20. The second-order valence-electron chi connectivity index (χ2n) is 7.65. The second-order valence-corrected chi connectivity index (χ2v) is 8.51. The molecule has 0 atom stereocenters. The number of rotatable bonds is 12. The van der Waals surface area contributed by atoms with Gasteiger partial charge in [-0.05, 0) is 49.2 Å². The van der Waals surface area contributed by atoms with E-state index in [2.05, 4.69) is 10.3 Å². The predicted molar refractivity (Wildman–Crippen MR) is 134 cm³/mol. The summed E-state index contributed by atoms with van der Waals surface area (Å²) in [6, 6.07) is 10.3. The summed E-state index contributed by atoms with van der Waals surface area (Å²) in [5.74, 6) is 0.239. The van der Waals surface area contributed by atoms with E-state index in [-0.39, 0.29) is 30.2 Å². The lowest BCUT2D eigenvalue weighted by atomic mass is 10.1. The van der Waals surface area contributed by atoms with E-state index < -0.39 is 5.91 Å². The number of ether oxygens (including phenoxy) is 3. The van der Waals surface area contributed by atoms with Crippen molar-refractivity contribution < 1.29 is 33.8 Å². The Morgan fingerprint density at radius 2 is 1.53 bits per heavy atom. The second kappa shape index (κ2) is 12.7. The molecule has 0 bridgehead atoms. The summed E-state index contributed by atoms with van der Waals surface area (Å²) in [5, 5.41) is 13.6. The van der Waals surface area contributed by atoms with Gasteiger partial charge in [0.15, 0.2) is 11.5 Å². The number of hydroxylamine groups is 1. The first kappa shape index (κ1) is 26.6. The minimum atomic E-state index is -0.471. The molecule has 0 spiro atoms. The minimum absolute atomic E-state index is 0.163. The zero-order valence-corrected chi connectivity index (χ0v) is 20.9. The van der Waals surface area contributed by atoms with E-state index in [4.69, 9.17) is 19.4 Å². The maximum Gasteiger partial charge on any atom is 0.243 e. The van der Waals surface area contributed by atoms with Gasteiger partial charge < -0.3 is 19.5 Å². The molecule has 0 aliphatic carbocycles. The van der Waals surface area contributed by atoms with Crippen LogP contribution in [0.1, 0.15) is 41.7 Å². The Bertz CT molecular complexity index is 1200. The Hall–Kier alpha value is -3.96. The lowest BCUT2D eigenvalue weighted by Gasteiger charge is -2.13. The molecular formula is C25H27N3O7S. The number of carbonyl (C=O) groups is 3. The van der Waals surface area contributed by atoms with Crippen LogP contribution in [0.25, 0.3) is 10.6 Å². The first-order valence-corrected chi connectivity index (χ1v) is 11.9. The highest BCUT2D eigenvalue weighted by atomic mass is 32.1. The van der Waals surface area contributed by atoms with E-state index in [1.165, 1.54) is 32.7 Å². The maximum atomic E-state index is 13.1. The number of hydrogen-bond acceptors (Lipinski definition) is 9. The molecule has 2 amide bonds. The third-order valence-corrected chi connectivity index (χ3v) is 6.15. The molecule has 3 rings (SSSR count). The highest BCUT2D eigenvalue weighted by molar-refractivity contribution is 7.13. The average molecular weight is 514 g/mol. The molecule has 0 radical (unpaired) electrons. The molecule has 11 heteroatoms. The summed E-state index contributed by atoms with van der Waals surface area (Å²) < 4.78 is 16.0. The number of thiazole rings is 1. The fraction of sp³-hybridized carbons (Fsp3) is 0.280. The number of methoxy groups -OCH3 is 3. The fourth-order valence-corrected chi connectivity index (χ4v) is 4.22. The molecule has 0 aliphatic rings. The van der Waals surface area contributed by atoms with Crippen LogP contribution in [-0.4, -0.2) is 49.1 Å². The Kier molecular flexibility index (Phi) is 9.37. The summed E-state index contributed by atoms with van der Waals surface area (Å²) in [7, 11) is 4.46. The van der Waals surface area contributed by atoms with Crippen molar-refractivity contribution in [3.63, 3.8) is 0 Å². The third-order valence-electron chi connectivity index (χ3n) is 5.26. The molecule has 0 saturated heterocycles. The Morgan fingerprint density at radius 1 is 0.917 bits per heavy atom. The van der Waals surface area contributed by atoms with Gasteiger partial charge in [0.05, 0.1) is 21.3 Å². The summed E-state index contributed by atoms with van der Waals surface area (Å²) in [6.45, 7) is 0. The number of aromatic nitrogens is 1. The number of amides is 2. The van der Waals surface area contributed by atoms with Crippen LogP contribution in [0.4, 0.5) is 5.69 Å². The zero-order chi connectivity index (χ0) is 26.1. The number of hydrogen-bond donors (Lipinski definition) is 3. The van der Waals surface area contributed by atoms with Crippen molar-refractivity contribution in [1.82, 2.24) is 10.5 Å². The van der Waals surface area contributed by atoms with E-state index in [1.54, 1.807) is 35.1 Å². The normalized spacial score (nSPS) is 10.4.